The third-order valence-corrected chi connectivity index (χ3v) is 3.75. The maximum absolute atomic E-state index is 12.0. The van der Waals surface area contributed by atoms with Gasteiger partial charge in [-0.3, -0.25) is 4.79 Å². The summed E-state index contributed by atoms with van der Waals surface area (Å²) in [6.45, 7) is 4.05. The predicted molar refractivity (Wildman–Crippen MR) is 92.0 cm³/mol. The highest BCUT2D eigenvalue weighted by molar-refractivity contribution is 6.32. The summed E-state index contributed by atoms with van der Waals surface area (Å²) in [5.41, 5.74) is -0.260. The van der Waals surface area contributed by atoms with Crippen LogP contribution >= 0.6 is 11.6 Å². The molecule has 8 heteroatoms. The lowest BCUT2D eigenvalue weighted by atomic mass is 9.95. The van der Waals surface area contributed by atoms with Gasteiger partial charge in [0, 0.05) is 30.7 Å². The van der Waals surface area contributed by atoms with Gasteiger partial charge in [-0.2, -0.15) is 0 Å². The molecule has 0 fully saturated rings. The van der Waals surface area contributed by atoms with Gasteiger partial charge in [0.05, 0.1) is 12.1 Å². The summed E-state index contributed by atoms with van der Waals surface area (Å²) in [5, 5.41) is 16.0. The molecule has 7 nitrogen and oxygen atoms in total. The van der Waals surface area contributed by atoms with Gasteiger partial charge in [0.25, 0.3) is 5.91 Å². The molecule has 0 saturated carbocycles. The van der Waals surface area contributed by atoms with Crippen LogP contribution in [0.4, 0.5) is 0 Å². The number of carbonyl (C=O) groups excluding carboxylic acids is 1. The summed E-state index contributed by atoms with van der Waals surface area (Å²) in [7, 11) is 1.55. The minimum Gasteiger partial charge on any atom is -0.497 e. The second-order valence-electron chi connectivity index (χ2n) is 6.27. The van der Waals surface area contributed by atoms with Gasteiger partial charge in [-0.25, -0.2) is 0 Å². The fourth-order valence-electron chi connectivity index (χ4n) is 1.83. The van der Waals surface area contributed by atoms with Crippen LogP contribution in [0.15, 0.2) is 28.8 Å². The molecule has 1 amide bonds. The second kappa shape index (κ2) is 8.22. The number of benzene rings is 1. The summed E-state index contributed by atoms with van der Waals surface area (Å²) >= 11 is 6.09. The summed E-state index contributed by atoms with van der Waals surface area (Å²) in [4.78, 5) is 12.0. The minimum atomic E-state index is -0.406. The zero-order valence-corrected chi connectivity index (χ0v) is 15.1. The van der Waals surface area contributed by atoms with Gasteiger partial charge in [-0.1, -0.05) is 30.6 Å². The molecule has 2 aromatic rings. The van der Waals surface area contributed by atoms with Crippen molar-refractivity contribution in [3.63, 3.8) is 0 Å². The number of carbonyl (C=O) groups is 1. The first-order valence-corrected chi connectivity index (χ1v) is 8.03. The first-order chi connectivity index (χ1) is 11.8. The van der Waals surface area contributed by atoms with Crippen molar-refractivity contribution < 1.29 is 23.9 Å². The first kappa shape index (κ1) is 19.1. The van der Waals surface area contributed by atoms with Crippen LogP contribution in [0.3, 0.4) is 0 Å². The molecule has 0 atom stereocenters. The van der Waals surface area contributed by atoms with Crippen LogP contribution in [0.5, 0.6) is 11.5 Å². The molecule has 0 aliphatic heterocycles. The van der Waals surface area contributed by atoms with Gasteiger partial charge in [0.2, 0.25) is 0 Å². The highest BCUT2D eigenvalue weighted by Crippen LogP contribution is 2.29. The Hall–Kier alpha value is -2.25. The molecule has 0 aliphatic carbocycles. The average Bonchev–Trinajstić information content (AvgIpc) is 3.07. The second-order valence-corrected chi connectivity index (χ2v) is 6.68. The molecule has 1 aromatic heterocycles. The van der Waals surface area contributed by atoms with E-state index in [0.717, 1.165) is 0 Å². The van der Waals surface area contributed by atoms with Crippen LogP contribution < -0.4 is 14.8 Å². The smallest absolute Gasteiger partial charge is 0.273 e. The number of hydrogen-bond donors (Lipinski definition) is 2. The summed E-state index contributed by atoms with van der Waals surface area (Å²) in [6, 6.07) is 6.54. The highest BCUT2D eigenvalue weighted by Gasteiger charge is 2.20. The largest absolute Gasteiger partial charge is 0.497 e. The Labute approximate surface area is 150 Å². The molecule has 2 rings (SSSR count). The van der Waals surface area contributed by atoms with Crippen LogP contribution in [-0.2, 0) is 6.61 Å². The Morgan fingerprint density at radius 2 is 2.16 bits per heavy atom. The fraction of sp³-hybridized carbons (Fsp3) is 0.412. The molecule has 0 aliphatic rings. The van der Waals surface area contributed by atoms with E-state index >= 15 is 0 Å². The normalized spacial score (nSPS) is 11.2. The number of aliphatic hydroxyl groups excluding tert-OH is 1. The number of methoxy groups -OCH3 is 1. The van der Waals surface area contributed by atoms with Gasteiger partial charge in [-0.05, 0) is 12.1 Å². The van der Waals surface area contributed by atoms with E-state index in [1.807, 2.05) is 13.8 Å². The lowest BCUT2D eigenvalue weighted by Gasteiger charge is -2.21. The van der Waals surface area contributed by atoms with E-state index in [-0.39, 0.29) is 24.8 Å². The van der Waals surface area contributed by atoms with E-state index in [1.165, 1.54) is 6.07 Å². The molecule has 2 N–H and O–H groups in total. The van der Waals surface area contributed by atoms with Crippen molar-refractivity contribution in [3.8, 4) is 11.5 Å². The van der Waals surface area contributed by atoms with Crippen molar-refractivity contribution in [1.82, 2.24) is 10.5 Å². The van der Waals surface area contributed by atoms with E-state index in [0.29, 0.717) is 28.8 Å². The van der Waals surface area contributed by atoms with Gasteiger partial charge in [0.15, 0.2) is 11.5 Å². The number of nitrogens with one attached hydrogen (secondary N) is 1. The fourth-order valence-corrected chi connectivity index (χ4v) is 2.05. The number of rotatable bonds is 8. The Kier molecular flexibility index (Phi) is 6.27. The summed E-state index contributed by atoms with van der Waals surface area (Å²) in [6.07, 6.45) is 0. The van der Waals surface area contributed by atoms with Crippen LogP contribution in [0.25, 0.3) is 0 Å². The van der Waals surface area contributed by atoms with E-state index in [1.54, 1.807) is 25.3 Å². The van der Waals surface area contributed by atoms with Gasteiger partial charge >= 0.3 is 0 Å². The zero-order valence-electron chi connectivity index (χ0n) is 14.3. The topological polar surface area (TPSA) is 93.8 Å². The summed E-state index contributed by atoms with van der Waals surface area (Å²) < 4.78 is 15.7. The van der Waals surface area contributed by atoms with Crippen molar-refractivity contribution in [3.05, 3.63) is 40.7 Å². The minimum absolute atomic E-state index is 0.0339. The standard InChI is InChI=1S/C17H21ClN2O5/c1-17(2,10-21)9-19-16(22)14-7-12(25-20-14)8-24-15-5-4-11(23-3)6-13(15)18/h4-7,21H,8-10H2,1-3H3,(H,19,22). The number of nitrogens with zero attached hydrogens (tertiary/aromatic N) is 1. The number of amides is 1. The third-order valence-electron chi connectivity index (χ3n) is 3.46. The number of halogens is 1. The molecule has 136 valence electrons. The molecule has 1 aromatic carbocycles. The molecule has 0 spiro atoms. The number of aliphatic hydroxyl groups is 1. The number of ether oxygens (including phenoxy) is 2. The molecule has 0 radical (unpaired) electrons. The Morgan fingerprint density at radius 3 is 2.80 bits per heavy atom. The van der Waals surface area contributed by atoms with Gasteiger partial charge in [0.1, 0.15) is 18.1 Å². The zero-order chi connectivity index (χ0) is 18.4. The lowest BCUT2D eigenvalue weighted by molar-refractivity contribution is 0.0902. The van der Waals surface area contributed by atoms with Crippen molar-refractivity contribution >= 4 is 17.5 Å². The van der Waals surface area contributed by atoms with E-state index in [2.05, 4.69) is 10.5 Å². The van der Waals surface area contributed by atoms with Crippen molar-refractivity contribution in [2.45, 2.75) is 20.5 Å². The monoisotopic (exact) mass is 368 g/mol. The molecule has 1 heterocycles. The lowest BCUT2D eigenvalue weighted by Crippen LogP contribution is -2.36. The Bertz CT molecular complexity index is 730. The molecule has 25 heavy (non-hydrogen) atoms. The third kappa shape index (κ3) is 5.37. The van der Waals surface area contributed by atoms with E-state index in [4.69, 9.17) is 25.6 Å². The molecule has 0 saturated heterocycles. The quantitative estimate of drug-likeness (QED) is 0.744. The highest BCUT2D eigenvalue weighted by atomic mass is 35.5. The van der Waals surface area contributed by atoms with Crippen LogP contribution in [0.2, 0.25) is 5.02 Å². The van der Waals surface area contributed by atoms with Crippen LogP contribution in [0, 0.1) is 5.41 Å². The number of hydrogen-bond acceptors (Lipinski definition) is 6. The van der Waals surface area contributed by atoms with Crippen molar-refractivity contribution in [2.75, 3.05) is 20.3 Å². The molecular formula is C17H21ClN2O5. The Balaban J connectivity index is 1.92. The molecule has 0 bridgehead atoms. The molecular weight excluding hydrogens is 348 g/mol. The van der Waals surface area contributed by atoms with Crippen molar-refractivity contribution in [1.29, 1.82) is 0 Å². The van der Waals surface area contributed by atoms with Gasteiger partial charge in [-0.15, -0.1) is 0 Å². The maximum atomic E-state index is 12.0. The van der Waals surface area contributed by atoms with Crippen molar-refractivity contribution in [2.24, 2.45) is 5.41 Å². The Morgan fingerprint density at radius 1 is 1.40 bits per heavy atom. The van der Waals surface area contributed by atoms with E-state index in [9.17, 15) is 9.90 Å². The maximum Gasteiger partial charge on any atom is 0.273 e. The van der Waals surface area contributed by atoms with E-state index < -0.39 is 5.41 Å². The average molecular weight is 369 g/mol. The van der Waals surface area contributed by atoms with Crippen LogP contribution in [-0.4, -0.2) is 36.4 Å². The molecule has 0 unspecified atom stereocenters. The van der Waals surface area contributed by atoms with Gasteiger partial charge < -0.3 is 24.4 Å². The predicted octanol–water partition coefficient (Wildman–Crippen LogP) is 2.66. The first-order valence-electron chi connectivity index (χ1n) is 7.65. The summed E-state index contributed by atoms with van der Waals surface area (Å²) in [5.74, 6) is 1.11. The number of aromatic nitrogens is 1. The SMILES string of the molecule is COc1ccc(OCc2cc(C(=O)NCC(C)(C)CO)no2)c(Cl)c1. The van der Waals surface area contributed by atoms with Crippen LogP contribution in [0.1, 0.15) is 30.1 Å².